The van der Waals surface area contributed by atoms with Crippen LogP contribution in [0.15, 0.2) is 30.3 Å². The monoisotopic (exact) mass is 289 g/mol. The number of esters is 2. The third kappa shape index (κ3) is 2.53. The van der Waals surface area contributed by atoms with Gasteiger partial charge in [0.15, 0.2) is 0 Å². The maximum absolute atomic E-state index is 12.2. The molecule has 0 bridgehead atoms. The van der Waals surface area contributed by atoms with Crippen LogP contribution in [0.2, 0.25) is 0 Å². The summed E-state index contributed by atoms with van der Waals surface area (Å²) in [6.07, 6.45) is 1.55. The molecule has 1 aromatic carbocycles. The fraction of sp³-hybridized carbons (Fsp3) is 0.500. The lowest BCUT2D eigenvalue weighted by Gasteiger charge is -2.46. The van der Waals surface area contributed by atoms with E-state index in [-0.39, 0.29) is 18.0 Å². The molecule has 112 valence electrons. The summed E-state index contributed by atoms with van der Waals surface area (Å²) in [6.45, 7) is 1.14. The summed E-state index contributed by atoms with van der Waals surface area (Å²) in [5.74, 6) is -1.06. The van der Waals surface area contributed by atoms with Gasteiger partial charge in [0, 0.05) is 0 Å². The third-order valence-electron chi connectivity index (χ3n) is 4.38. The van der Waals surface area contributed by atoms with E-state index in [0.717, 1.165) is 18.5 Å². The van der Waals surface area contributed by atoms with E-state index in [2.05, 4.69) is 4.90 Å². The van der Waals surface area contributed by atoms with Crippen LogP contribution in [0.25, 0.3) is 0 Å². The highest BCUT2D eigenvalue weighted by molar-refractivity contribution is 5.85. The van der Waals surface area contributed by atoms with Crippen molar-refractivity contribution in [3.8, 4) is 0 Å². The van der Waals surface area contributed by atoms with E-state index >= 15 is 0 Å². The van der Waals surface area contributed by atoms with Crippen LogP contribution in [0.4, 0.5) is 0 Å². The first-order valence-corrected chi connectivity index (χ1v) is 7.27. The number of carbonyl (C=O) groups is 2. The van der Waals surface area contributed by atoms with Gasteiger partial charge in [-0.25, -0.2) is 0 Å². The highest BCUT2D eigenvalue weighted by atomic mass is 16.5. The summed E-state index contributed by atoms with van der Waals surface area (Å²) in [4.78, 5) is 26.2. The Bertz CT molecular complexity index is 530. The number of methoxy groups -OCH3 is 1. The zero-order valence-corrected chi connectivity index (χ0v) is 12.0. The first kappa shape index (κ1) is 14.1. The lowest BCUT2D eigenvalue weighted by molar-refractivity contribution is -0.176. The normalized spacial score (nSPS) is 29.4. The van der Waals surface area contributed by atoms with E-state index in [1.165, 1.54) is 7.11 Å². The second kappa shape index (κ2) is 5.85. The first-order valence-electron chi connectivity index (χ1n) is 7.27. The standard InChI is InChI=1S/C16H19NO4/c1-20-15(18)12-8-5-9-17-13(10-21-16(19)14(12)17)11-6-3-2-4-7-11/h2-4,6-7,12-14H,5,8-10H2,1H3/t12-,13+,14+/m0/s1. The van der Waals surface area contributed by atoms with Crippen molar-refractivity contribution in [2.75, 3.05) is 20.3 Å². The molecular formula is C16H19NO4. The van der Waals surface area contributed by atoms with Crippen molar-refractivity contribution in [1.82, 2.24) is 4.90 Å². The minimum Gasteiger partial charge on any atom is -0.469 e. The van der Waals surface area contributed by atoms with Gasteiger partial charge in [-0.3, -0.25) is 14.5 Å². The van der Waals surface area contributed by atoms with Crippen molar-refractivity contribution < 1.29 is 19.1 Å². The van der Waals surface area contributed by atoms with Gasteiger partial charge >= 0.3 is 11.9 Å². The molecule has 0 saturated carbocycles. The molecule has 2 saturated heterocycles. The molecule has 2 aliphatic heterocycles. The number of rotatable bonds is 2. The Kier molecular flexibility index (Phi) is 3.92. The number of carbonyl (C=O) groups excluding carboxylic acids is 2. The Labute approximate surface area is 123 Å². The lowest BCUT2D eigenvalue weighted by Crippen LogP contribution is -2.58. The summed E-state index contributed by atoms with van der Waals surface area (Å²) in [5.41, 5.74) is 1.11. The van der Waals surface area contributed by atoms with Gasteiger partial charge < -0.3 is 9.47 Å². The average Bonchev–Trinajstić information content (AvgIpc) is 2.55. The van der Waals surface area contributed by atoms with E-state index in [1.807, 2.05) is 30.3 Å². The predicted molar refractivity (Wildman–Crippen MR) is 75.4 cm³/mol. The van der Waals surface area contributed by atoms with E-state index in [1.54, 1.807) is 0 Å². The quantitative estimate of drug-likeness (QED) is 0.773. The molecule has 0 spiro atoms. The second-order valence-corrected chi connectivity index (χ2v) is 5.51. The van der Waals surface area contributed by atoms with Gasteiger partial charge in [0.2, 0.25) is 0 Å². The summed E-state index contributed by atoms with van der Waals surface area (Å²) >= 11 is 0. The zero-order valence-electron chi connectivity index (χ0n) is 12.0. The van der Waals surface area contributed by atoms with Crippen molar-refractivity contribution in [3.05, 3.63) is 35.9 Å². The minimum atomic E-state index is -0.523. The lowest BCUT2D eigenvalue weighted by atomic mass is 9.86. The second-order valence-electron chi connectivity index (χ2n) is 5.51. The Morgan fingerprint density at radius 3 is 2.81 bits per heavy atom. The fourth-order valence-corrected chi connectivity index (χ4v) is 3.37. The Morgan fingerprint density at radius 1 is 1.33 bits per heavy atom. The van der Waals surface area contributed by atoms with Crippen LogP contribution in [-0.4, -0.2) is 43.1 Å². The number of hydrogen-bond acceptors (Lipinski definition) is 5. The van der Waals surface area contributed by atoms with Crippen molar-refractivity contribution >= 4 is 11.9 Å². The van der Waals surface area contributed by atoms with Gasteiger partial charge in [-0.1, -0.05) is 30.3 Å². The number of nitrogens with zero attached hydrogens (tertiary/aromatic N) is 1. The zero-order chi connectivity index (χ0) is 14.8. The van der Waals surface area contributed by atoms with E-state index in [9.17, 15) is 9.59 Å². The molecule has 0 amide bonds. The molecule has 21 heavy (non-hydrogen) atoms. The summed E-state index contributed by atoms with van der Waals surface area (Å²) < 4.78 is 10.2. The number of cyclic esters (lactones) is 1. The van der Waals surface area contributed by atoms with Crippen LogP contribution in [0.5, 0.6) is 0 Å². The van der Waals surface area contributed by atoms with E-state index in [0.29, 0.717) is 13.0 Å². The number of fused-ring (bicyclic) bond motifs is 1. The molecule has 2 aliphatic rings. The van der Waals surface area contributed by atoms with Crippen LogP contribution in [-0.2, 0) is 19.1 Å². The fourth-order valence-electron chi connectivity index (χ4n) is 3.37. The van der Waals surface area contributed by atoms with Gasteiger partial charge in [0.25, 0.3) is 0 Å². The molecule has 2 heterocycles. The maximum Gasteiger partial charge on any atom is 0.324 e. The highest BCUT2D eigenvalue weighted by Crippen LogP contribution is 2.36. The molecule has 3 rings (SSSR count). The van der Waals surface area contributed by atoms with Crippen molar-refractivity contribution in [2.24, 2.45) is 5.92 Å². The molecule has 3 atom stereocenters. The van der Waals surface area contributed by atoms with Crippen molar-refractivity contribution in [3.63, 3.8) is 0 Å². The Morgan fingerprint density at radius 2 is 2.10 bits per heavy atom. The molecule has 2 fully saturated rings. The van der Waals surface area contributed by atoms with Crippen molar-refractivity contribution in [2.45, 2.75) is 24.9 Å². The smallest absolute Gasteiger partial charge is 0.324 e. The molecule has 0 unspecified atom stereocenters. The Hall–Kier alpha value is -1.88. The number of piperidine rings is 1. The number of hydrogen-bond donors (Lipinski definition) is 0. The molecule has 5 nitrogen and oxygen atoms in total. The summed E-state index contributed by atoms with van der Waals surface area (Å²) in [5, 5.41) is 0. The average molecular weight is 289 g/mol. The van der Waals surface area contributed by atoms with Crippen LogP contribution in [0.1, 0.15) is 24.4 Å². The molecule has 0 aliphatic carbocycles. The largest absolute Gasteiger partial charge is 0.469 e. The molecule has 0 aromatic heterocycles. The predicted octanol–water partition coefficient (Wildman–Crippen LogP) is 1.54. The first-order chi connectivity index (χ1) is 10.2. The molecular weight excluding hydrogens is 270 g/mol. The SMILES string of the molecule is COC(=O)[C@H]1CCCN2[C@@H](c3ccccc3)COC(=O)[C@@H]12. The van der Waals surface area contributed by atoms with Gasteiger partial charge in [0.1, 0.15) is 12.6 Å². The van der Waals surface area contributed by atoms with Crippen LogP contribution in [0.3, 0.4) is 0 Å². The number of ether oxygens (including phenoxy) is 2. The van der Waals surface area contributed by atoms with Gasteiger partial charge in [0.05, 0.1) is 19.1 Å². The number of morpholine rings is 1. The molecule has 1 aromatic rings. The number of benzene rings is 1. The maximum atomic E-state index is 12.2. The molecule has 5 heteroatoms. The summed E-state index contributed by atoms with van der Waals surface area (Å²) in [7, 11) is 1.37. The van der Waals surface area contributed by atoms with Crippen LogP contribution < -0.4 is 0 Å². The van der Waals surface area contributed by atoms with Gasteiger partial charge in [-0.05, 0) is 24.9 Å². The Balaban J connectivity index is 1.90. The summed E-state index contributed by atoms with van der Waals surface area (Å²) in [6, 6.07) is 9.46. The van der Waals surface area contributed by atoms with Gasteiger partial charge in [-0.2, -0.15) is 0 Å². The molecule has 0 N–H and O–H groups in total. The topological polar surface area (TPSA) is 55.8 Å². The van der Waals surface area contributed by atoms with E-state index < -0.39 is 12.0 Å². The third-order valence-corrected chi connectivity index (χ3v) is 4.38. The molecule has 0 radical (unpaired) electrons. The van der Waals surface area contributed by atoms with E-state index in [4.69, 9.17) is 9.47 Å². The van der Waals surface area contributed by atoms with Gasteiger partial charge in [-0.15, -0.1) is 0 Å². The van der Waals surface area contributed by atoms with Crippen LogP contribution >= 0.6 is 0 Å². The van der Waals surface area contributed by atoms with Crippen LogP contribution in [0, 0.1) is 5.92 Å². The highest BCUT2D eigenvalue weighted by Gasteiger charge is 2.48. The minimum absolute atomic E-state index is 0.0151. The van der Waals surface area contributed by atoms with Crippen molar-refractivity contribution in [1.29, 1.82) is 0 Å².